The molecule has 6 heteroatoms. The number of halogens is 1. The summed E-state index contributed by atoms with van der Waals surface area (Å²) < 4.78 is 0. The van der Waals surface area contributed by atoms with Crippen molar-refractivity contribution in [3.05, 3.63) is 28.8 Å². The van der Waals surface area contributed by atoms with Crippen molar-refractivity contribution in [2.75, 3.05) is 38.0 Å². The van der Waals surface area contributed by atoms with Crippen LogP contribution in [0, 0.1) is 11.3 Å². The van der Waals surface area contributed by atoms with Crippen LogP contribution >= 0.6 is 11.6 Å². The van der Waals surface area contributed by atoms with Gasteiger partial charge in [0.1, 0.15) is 6.07 Å². The van der Waals surface area contributed by atoms with Gasteiger partial charge in [-0.3, -0.25) is 4.79 Å². The normalized spacial score (nSPS) is 14.8. The lowest BCUT2D eigenvalue weighted by molar-refractivity contribution is -0.129. The molecule has 1 heterocycles. The number of rotatable bonds is 3. The summed E-state index contributed by atoms with van der Waals surface area (Å²) in [4.78, 5) is 13.8. The lowest BCUT2D eigenvalue weighted by Gasteiger charge is -2.27. The van der Waals surface area contributed by atoms with E-state index < -0.39 is 0 Å². The Bertz CT molecular complexity index is 506. The first kappa shape index (κ1) is 13.7. The van der Waals surface area contributed by atoms with Gasteiger partial charge in [-0.2, -0.15) is 5.26 Å². The third kappa shape index (κ3) is 3.60. The SMILES string of the molecule is N#Cc1ccc(Cl)cc1NCC(=O)N1CCNCC1. The lowest BCUT2D eigenvalue weighted by Crippen LogP contribution is -2.48. The zero-order chi connectivity index (χ0) is 13.7. The Labute approximate surface area is 117 Å². The van der Waals surface area contributed by atoms with Gasteiger partial charge in [0.25, 0.3) is 0 Å². The third-order valence-corrected chi connectivity index (χ3v) is 3.24. The molecular weight excluding hydrogens is 264 g/mol. The Kier molecular flexibility index (Phi) is 4.61. The summed E-state index contributed by atoms with van der Waals surface area (Å²) in [6.07, 6.45) is 0. The van der Waals surface area contributed by atoms with Crippen LogP contribution < -0.4 is 10.6 Å². The molecule has 0 aromatic heterocycles. The number of amides is 1. The van der Waals surface area contributed by atoms with E-state index in [0.29, 0.717) is 16.3 Å². The van der Waals surface area contributed by atoms with Gasteiger partial charge in [0, 0.05) is 31.2 Å². The molecule has 0 unspecified atom stereocenters. The van der Waals surface area contributed by atoms with Crippen molar-refractivity contribution in [2.45, 2.75) is 0 Å². The first-order valence-corrected chi connectivity index (χ1v) is 6.50. The summed E-state index contributed by atoms with van der Waals surface area (Å²) in [6, 6.07) is 7.02. The van der Waals surface area contributed by atoms with E-state index in [-0.39, 0.29) is 12.5 Å². The van der Waals surface area contributed by atoms with Gasteiger partial charge < -0.3 is 15.5 Å². The second kappa shape index (κ2) is 6.41. The summed E-state index contributed by atoms with van der Waals surface area (Å²) >= 11 is 5.88. The van der Waals surface area contributed by atoms with Gasteiger partial charge in [-0.15, -0.1) is 0 Å². The molecule has 0 bridgehead atoms. The van der Waals surface area contributed by atoms with Crippen LogP contribution in [0.2, 0.25) is 5.02 Å². The first-order valence-electron chi connectivity index (χ1n) is 6.13. The van der Waals surface area contributed by atoms with E-state index in [4.69, 9.17) is 16.9 Å². The average molecular weight is 279 g/mol. The molecule has 19 heavy (non-hydrogen) atoms. The van der Waals surface area contributed by atoms with E-state index in [1.54, 1.807) is 23.1 Å². The molecular formula is C13H15ClN4O. The number of anilines is 1. The predicted octanol–water partition coefficient (Wildman–Crippen LogP) is 1.06. The van der Waals surface area contributed by atoms with Crippen LogP contribution in [0.15, 0.2) is 18.2 Å². The number of nitrogens with one attached hydrogen (secondary N) is 2. The van der Waals surface area contributed by atoms with E-state index >= 15 is 0 Å². The van der Waals surface area contributed by atoms with Gasteiger partial charge in [-0.05, 0) is 18.2 Å². The topological polar surface area (TPSA) is 68.2 Å². The standard InChI is InChI=1S/C13H15ClN4O/c14-11-2-1-10(8-15)12(7-11)17-9-13(19)18-5-3-16-4-6-18/h1-2,7,16-17H,3-6,9H2. The van der Waals surface area contributed by atoms with Gasteiger partial charge in [-0.25, -0.2) is 0 Å². The fourth-order valence-corrected chi connectivity index (χ4v) is 2.13. The molecule has 2 N–H and O–H groups in total. The maximum absolute atomic E-state index is 12.0. The van der Waals surface area contributed by atoms with Crippen molar-refractivity contribution in [3.8, 4) is 6.07 Å². The molecule has 0 saturated carbocycles. The molecule has 0 aliphatic carbocycles. The third-order valence-electron chi connectivity index (χ3n) is 3.00. The van der Waals surface area contributed by atoms with Crippen molar-refractivity contribution >= 4 is 23.2 Å². The van der Waals surface area contributed by atoms with Crippen LogP contribution in [0.4, 0.5) is 5.69 Å². The van der Waals surface area contributed by atoms with Crippen molar-refractivity contribution in [1.29, 1.82) is 5.26 Å². The number of nitrogens with zero attached hydrogens (tertiary/aromatic N) is 2. The quantitative estimate of drug-likeness (QED) is 0.867. The molecule has 5 nitrogen and oxygen atoms in total. The highest BCUT2D eigenvalue weighted by atomic mass is 35.5. The number of piperazine rings is 1. The Hall–Kier alpha value is -1.77. The predicted molar refractivity (Wildman–Crippen MR) is 74.1 cm³/mol. The van der Waals surface area contributed by atoms with Crippen molar-refractivity contribution in [3.63, 3.8) is 0 Å². The summed E-state index contributed by atoms with van der Waals surface area (Å²) in [5.41, 5.74) is 1.08. The fraction of sp³-hybridized carbons (Fsp3) is 0.385. The van der Waals surface area contributed by atoms with Crippen LogP contribution in [0.5, 0.6) is 0 Å². The van der Waals surface area contributed by atoms with E-state index in [0.717, 1.165) is 26.2 Å². The van der Waals surface area contributed by atoms with Crippen LogP contribution in [0.1, 0.15) is 5.56 Å². The summed E-state index contributed by atoms with van der Waals surface area (Å²) in [7, 11) is 0. The fourth-order valence-electron chi connectivity index (χ4n) is 1.96. The largest absolute Gasteiger partial charge is 0.375 e. The number of carbonyl (C=O) groups excluding carboxylic acids is 1. The minimum absolute atomic E-state index is 0.0327. The average Bonchev–Trinajstić information content (AvgIpc) is 2.46. The Morgan fingerprint density at radius 1 is 1.47 bits per heavy atom. The highest BCUT2D eigenvalue weighted by Gasteiger charge is 2.16. The number of hydrogen-bond acceptors (Lipinski definition) is 4. The molecule has 0 atom stereocenters. The van der Waals surface area contributed by atoms with Crippen molar-refractivity contribution in [1.82, 2.24) is 10.2 Å². The maximum atomic E-state index is 12.0. The molecule has 2 rings (SSSR count). The van der Waals surface area contributed by atoms with Gasteiger partial charge in [-0.1, -0.05) is 11.6 Å². The van der Waals surface area contributed by atoms with Crippen LogP contribution in [0.3, 0.4) is 0 Å². The minimum Gasteiger partial charge on any atom is -0.375 e. The summed E-state index contributed by atoms with van der Waals surface area (Å²) in [5.74, 6) is 0.0327. The minimum atomic E-state index is 0.0327. The van der Waals surface area contributed by atoms with E-state index in [1.807, 2.05) is 0 Å². The maximum Gasteiger partial charge on any atom is 0.241 e. The summed E-state index contributed by atoms with van der Waals surface area (Å²) in [5, 5.41) is 15.7. The molecule has 1 amide bonds. The van der Waals surface area contributed by atoms with Crippen molar-refractivity contribution in [2.24, 2.45) is 0 Å². The summed E-state index contributed by atoms with van der Waals surface area (Å²) in [6.45, 7) is 3.27. The molecule has 1 aliphatic heterocycles. The molecule has 0 spiro atoms. The molecule has 100 valence electrons. The van der Waals surface area contributed by atoms with Crippen LogP contribution in [0.25, 0.3) is 0 Å². The number of carbonyl (C=O) groups is 1. The monoisotopic (exact) mass is 278 g/mol. The van der Waals surface area contributed by atoms with Gasteiger partial charge in [0.2, 0.25) is 5.91 Å². The Morgan fingerprint density at radius 2 is 2.21 bits per heavy atom. The molecule has 1 saturated heterocycles. The molecule has 1 fully saturated rings. The molecule has 1 aromatic carbocycles. The van der Waals surface area contributed by atoms with Crippen LogP contribution in [-0.2, 0) is 4.79 Å². The zero-order valence-corrected chi connectivity index (χ0v) is 11.2. The number of hydrogen-bond donors (Lipinski definition) is 2. The smallest absolute Gasteiger partial charge is 0.241 e. The molecule has 1 aromatic rings. The number of benzene rings is 1. The molecule has 0 radical (unpaired) electrons. The second-order valence-corrected chi connectivity index (χ2v) is 4.72. The Balaban J connectivity index is 1.96. The van der Waals surface area contributed by atoms with Gasteiger partial charge >= 0.3 is 0 Å². The molecule has 1 aliphatic rings. The second-order valence-electron chi connectivity index (χ2n) is 4.29. The van der Waals surface area contributed by atoms with E-state index in [1.165, 1.54) is 0 Å². The highest BCUT2D eigenvalue weighted by Crippen LogP contribution is 2.20. The zero-order valence-electron chi connectivity index (χ0n) is 10.4. The van der Waals surface area contributed by atoms with Gasteiger partial charge in [0.05, 0.1) is 17.8 Å². The van der Waals surface area contributed by atoms with E-state index in [2.05, 4.69) is 16.7 Å². The van der Waals surface area contributed by atoms with Crippen LogP contribution in [-0.4, -0.2) is 43.5 Å². The van der Waals surface area contributed by atoms with Crippen molar-refractivity contribution < 1.29 is 4.79 Å². The highest BCUT2D eigenvalue weighted by molar-refractivity contribution is 6.30. The number of nitriles is 1. The first-order chi connectivity index (χ1) is 9.20. The van der Waals surface area contributed by atoms with Gasteiger partial charge in [0.15, 0.2) is 0 Å². The van der Waals surface area contributed by atoms with E-state index in [9.17, 15) is 4.79 Å². The Morgan fingerprint density at radius 3 is 2.89 bits per heavy atom. The lowest BCUT2D eigenvalue weighted by atomic mass is 10.2.